The third-order valence-corrected chi connectivity index (χ3v) is 1.77. The van der Waals surface area contributed by atoms with E-state index in [0.717, 1.165) is 6.54 Å². The Morgan fingerprint density at radius 3 is 2.86 bits per heavy atom. The second-order valence-electron chi connectivity index (χ2n) is 3.33. The molecule has 0 fully saturated rings. The summed E-state index contributed by atoms with van der Waals surface area (Å²) in [6.07, 6.45) is 0.504. The quantitative estimate of drug-likeness (QED) is 0.652. The van der Waals surface area contributed by atoms with Crippen molar-refractivity contribution in [2.45, 2.75) is 13.0 Å². The number of hydrogen-bond acceptors (Lipinski definition) is 5. The molecule has 1 heterocycles. The molecule has 0 radical (unpaired) electrons. The van der Waals surface area contributed by atoms with Crippen molar-refractivity contribution in [2.24, 2.45) is 5.73 Å². The fraction of sp³-hybridized carbons (Fsp3) is 0.750. The molecule has 6 nitrogen and oxygen atoms in total. The molecule has 0 aliphatic heterocycles. The lowest BCUT2D eigenvalue weighted by atomic mass is 10.4. The molecule has 0 amide bonds. The average molecular weight is 200 g/mol. The fourth-order valence-electron chi connectivity index (χ4n) is 1.01. The molecule has 1 aromatic rings. The van der Waals surface area contributed by atoms with Crippen LogP contribution in [-0.2, 0) is 13.0 Å². The molecule has 1 aromatic heterocycles. The van der Waals surface area contributed by atoms with Gasteiger partial charge in [-0.3, -0.25) is 0 Å². The molecule has 0 aliphatic rings. The lowest BCUT2D eigenvalue weighted by molar-refractivity contribution is 0.361. The Morgan fingerprint density at radius 1 is 1.57 bits per heavy atom. The first kappa shape index (κ1) is 10.9. The summed E-state index contributed by atoms with van der Waals surface area (Å²) in [7, 11) is 3.87. The largest absolute Gasteiger partial charge is 0.437 e. The SMILES string of the molecule is CN(C)CCn1nc(CCN)oc1=O. The van der Waals surface area contributed by atoms with Gasteiger partial charge in [0, 0.05) is 19.5 Å². The smallest absolute Gasteiger partial charge is 0.392 e. The monoisotopic (exact) mass is 200 g/mol. The molecule has 0 saturated heterocycles. The van der Waals surface area contributed by atoms with Gasteiger partial charge in [-0.05, 0) is 14.1 Å². The van der Waals surface area contributed by atoms with Crippen LogP contribution in [-0.4, -0.2) is 41.9 Å². The van der Waals surface area contributed by atoms with Gasteiger partial charge in [-0.25, -0.2) is 4.79 Å². The van der Waals surface area contributed by atoms with Crippen molar-refractivity contribution < 1.29 is 4.42 Å². The molecule has 80 valence electrons. The highest BCUT2D eigenvalue weighted by Gasteiger charge is 2.06. The van der Waals surface area contributed by atoms with Gasteiger partial charge in [0.2, 0.25) is 5.89 Å². The average Bonchev–Trinajstić information content (AvgIpc) is 2.44. The van der Waals surface area contributed by atoms with Crippen LogP contribution in [0.4, 0.5) is 0 Å². The fourth-order valence-corrected chi connectivity index (χ4v) is 1.01. The molecule has 1 rings (SSSR count). The van der Waals surface area contributed by atoms with Crippen LogP contribution >= 0.6 is 0 Å². The van der Waals surface area contributed by atoms with Gasteiger partial charge in [0.15, 0.2) is 0 Å². The van der Waals surface area contributed by atoms with E-state index in [1.807, 2.05) is 19.0 Å². The highest BCUT2D eigenvalue weighted by Crippen LogP contribution is 1.90. The summed E-state index contributed by atoms with van der Waals surface area (Å²) in [6.45, 7) is 1.74. The zero-order valence-electron chi connectivity index (χ0n) is 8.56. The molecular formula is C8H16N4O2. The van der Waals surface area contributed by atoms with Gasteiger partial charge in [-0.2, -0.15) is 4.68 Å². The first-order chi connectivity index (χ1) is 6.63. The van der Waals surface area contributed by atoms with E-state index < -0.39 is 5.76 Å². The number of rotatable bonds is 5. The van der Waals surface area contributed by atoms with Crippen molar-refractivity contribution in [3.05, 3.63) is 16.4 Å². The van der Waals surface area contributed by atoms with E-state index >= 15 is 0 Å². The standard InChI is InChI=1S/C8H16N4O2/c1-11(2)5-6-12-8(13)14-7(10-12)3-4-9/h3-6,9H2,1-2H3. The summed E-state index contributed by atoms with van der Waals surface area (Å²) in [5.41, 5.74) is 5.32. The number of nitrogens with zero attached hydrogens (tertiary/aromatic N) is 3. The van der Waals surface area contributed by atoms with Crippen molar-refractivity contribution in [3.63, 3.8) is 0 Å². The lowest BCUT2D eigenvalue weighted by Gasteiger charge is -2.06. The molecule has 0 atom stereocenters. The van der Waals surface area contributed by atoms with Gasteiger partial charge in [-0.1, -0.05) is 0 Å². The molecule has 0 bridgehead atoms. The molecule has 0 aromatic carbocycles. The first-order valence-electron chi connectivity index (χ1n) is 4.55. The maximum atomic E-state index is 11.2. The molecule has 0 saturated carbocycles. The minimum Gasteiger partial charge on any atom is -0.392 e. The van der Waals surface area contributed by atoms with Crippen LogP contribution in [0.3, 0.4) is 0 Å². The van der Waals surface area contributed by atoms with E-state index in [1.54, 1.807) is 0 Å². The number of hydrogen-bond donors (Lipinski definition) is 1. The third-order valence-electron chi connectivity index (χ3n) is 1.77. The minimum atomic E-state index is -0.407. The van der Waals surface area contributed by atoms with Gasteiger partial charge in [0.1, 0.15) is 0 Å². The first-order valence-corrected chi connectivity index (χ1v) is 4.55. The summed E-state index contributed by atoms with van der Waals surface area (Å²) < 4.78 is 6.21. The van der Waals surface area contributed by atoms with Crippen LogP contribution in [0, 0.1) is 0 Å². The van der Waals surface area contributed by atoms with Crippen LogP contribution in [0.2, 0.25) is 0 Å². The summed E-state index contributed by atoms with van der Waals surface area (Å²) in [5.74, 6) is 0.00607. The number of aromatic nitrogens is 2. The van der Waals surface area contributed by atoms with E-state index in [9.17, 15) is 4.79 Å². The van der Waals surface area contributed by atoms with Crippen LogP contribution in [0.1, 0.15) is 5.89 Å². The number of likely N-dealkylation sites (N-methyl/N-ethyl adjacent to an activating group) is 1. The van der Waals surface area contributed by atoms with Crippen molar-refractivity contribution in [3.8, 4) is 0 Å². The maximum absolute atomic E-state index is 11.2. The lowest BCUT2D eigenvalue weighted by Crippen LogP contribution is -2.24. The second kappa shape index (κ2) is 4.92. The van der Waals surface area contributed by atoms with Crippen LogP contribution < -0.4 is 11.5 Å². The summed E-state index contributed by atoms with van der Waals surface area (Å²) in [6, 6.07) is 0. The Balaban J connectivity index is 2.63. The van der Waals surface area contributed by atoms with Crippen molar-refractivity contribution in [1.29, 1.82) is 0 Å². The van der Waals surface area contributed by atoms with Crippen molar-refractivity contribution >= 4 is 0 Å². The Labute approximate surface area is 82.3 Å². The van der Waals surface area contributed by atoms with Crippen molar-refractivity contribution in [1.82, 2.24) is 14.7 Å². The minimum absolute atomic E-state index is 0.407. The van der Waals surface area contributed by atoms with Crippen LogP contribution in [0.15, 0.2) is 9.21 Å². The predicted molar refractivity (Wildman–Crippen MR) is 52.1 cm³/mol. The van der Waals surface area contributed by atoms with Gasteiger partial charge >= 0.3 is 5.76 Å². The molecule has 14 heavy (non-hydrogen) atoms. The Kier molecular flexibility index (Phi) is 3.84. The Hall–Kier alpha value is -1.14. The van der Waals surface area contributed by atoms with Gasteiger partial charge in [-0.15, -0.1) is 5.10 Å². The summed E-state index contributed by atoms with van der Waals surface area (Å²) >= 11 is 0. The maximum Gasteiger partial charge on any atom is 0.437 e. The van der Waals surface area contributed by atoms with Crippen LogP contribution in [0.5, 0.6) is 0 Å². The summed E-state index contributed by atoms with van der Waals surface area (Å²) in [4.78, 5) is 13.2. The zero-order chi connectivity index (χ0) is 10.6. The predicted octanol–water partition coefficient (Wildman–Crippen LogP) is -1.10. The normalized spacial score (nSPS) is 11.1. The number of nitrogens with two attached hydrogens (primary N) is 1. The van der Waals surface area contributed by atoms with Gasteiger partial charge < -0.3 is 15.1 Å². The molecule has 0 aliphatic carbocycles. The van der Waals surface area contributed by atoms with Gasteiger partial charge in [0.05, 0.1) is 6.54 Å². The summed E-state index contributed by atoms with van der Waals surface area (Å²) in [5, 5.41) is 4.00. The van der Waals surface area contributed by atoms with Gasteiger partial charge in [0.25, 0.3) is 0 Å². The highest BCUT2D eigenvalue weighted by atomic mass is 16.4. The zero-order valence-corrected chi connectivity index (χ0v) is 8.56. The Morgan fingerprint density at radius 2 is 2.29 bits per heavy atom. The van der Waals surface area contributed by atoms with E-state index in [-0.39, 0.29) is 0 Å². The van der Waals surface area contributed by atoms with Crippen molar-refractivity contribution in [2.75, 3.05) is 27.2 Å². The van der Waals surface area contributed by atoms with E-state index in [1.165, 1.54) is 4.68 Å². The molecular weight excluding hydrogens is 184 g/mol. The van der Waals surface area contributed by atoms with E-state index in [0.29, 0.717) is 25.4 Å². The topological polar surface area (TPSA) is 77.3 Å². The highest BCUT2D eigenvalue weighted by molar-refractivity contribution is 4.75. The van der Waals surface area contributed by atoms with E-state index in [2.05, 4.69) is 5.10 Å². The second-order valence-corrected chi connectivity index (χ2v) is 3.33. The molecule has 0 spiro atoms. The molecule has 2 N–H and O–H groups in total. The third kappa shape index (κ3) is 2.97. The van der Waals surface area contributed by atoms with Crippen LogP contribution in [0.25, 0.3) is 0 Å². The molecule has 6 heteroatoms. The van der Waals surface area contributed by atoms with E-state index in [4.69, 9.17) is 10.2 Å². The molecule has 0 unspecified atom stereocenters. The Bertz CT molecular complexity index is 328.